The van der Waals surface area contributed by atoms with E-state index in [1.54, 1.807) is 11.0 Å². The lowest BCUT2D eigenvalue weighted by Gasteiger charge is -2.40. The van der Waals surface area contributed by atoms with Crippen LogP contribution in [0, 0.1) is 0 Å². The van der Waals surface area contributed by atoms with Crippen molar-refractivity contribution in [1.29, 1.82) is 0 Å². The van der Waals surface area contributed by atoms with Gasteiger partial charge in [0.25, 0.3) is 5.91 Å². The number of carbonyl (C=O) groups is 2. The number of likely N-dealkylation sites (tertiary alicyclic amines) is 1. The van der Waals surface area contributed by atoms with E-state index >= 15 is 4.39 Å². The Hall–Kier alpha value is -3.49. The van der Waals surface area contributed by atoms with Gasteiger partial charge >= 0.3 is 12.3 Å². The highest BCUT2D eigenvalue weighted by atomic mass is 32.1. The third-order valence-corrected chi connectivity index (χ3v) is 7.28. The van der Waals surface area contributed by atoms with Gasteiger partial charge in [-0.15, -0.1) is 11.3 Å². The second-order valence-electron chi connectivity index (χ2n) is 8.54. The van der Waals surface area contributed by atoms with Gasteiger partial charge in [0.05, 0.1) is 33.9 Å². The summed E-state index contributed by atoms with van der Waals surface area (Å²) in [6.45, 7) is 0.525. The van der Waals surface area contributed by atoms with Crippen LogP contribution in [0.3, 0.4) is 0 Å². The Morgan fingerprint density at radius 1 is 1.25 bits per heavy atom. The molecule has 192 valence electrons. The molecule has 0 aliphatic carbocycles. The van der Waals surface area contributed by atoms with E-state index in [9.17, 15) is 22.8 Å². The minimum atomic E-state index is -4.69. The van der Waals surface area contributed by atoms with Crippen LogP contribution in [0.15, 0.2) is 24.1 Å². The maximum Gasteiger partial charge on any atom is 0.417 e. The molecule has 15 heteroatoms. The molecule has 1 N–H and O–H groups in total. The van der Waals surface area contributed by atoms with Crippen LogP contribution in [0.5, 0.6) is 0 Å². The minimum absolute atomic E-state index is 0.0178. The quantitative estimate of drug-likeness (QED) is 0.521. The zero-order chi connectivity index (χ0) is 25.6. The normalized spacial score (nSPS) is 20.9. The number of hydrogen-bond acceptors (Lipinski definition) is 8. The van der Waals surface area contributed by atoms with Gasteiger partial charge in [0.15, 0.2) is 6.17 Å². The first-order valence-electron chi connectivity index (χ1n) is 11.1. The average molecular weight is 528 g/mol. The number of ether oxygens (including phenoxy) is 1. The Labute approximate surface area is 205 Å². The Bertz CT molecular complexity index is 1280. The molecule has 0 radical (unpaired) electrons. The molecule has 0 saturated carbocycles. The number of aromatic nitrogens is 4. The third-order valence-electron chi connectivity index (χ3n) is 6.28. The number of fused-ring (bicyclic) bond motifs is 1. The minimum Gasteiger partial charge on any atom is -0.443 e. The summed E-state index contributed by atoms with van der Waals surface area (Å²) in [6.07, 6.45) is -5.00. The third kappa shape index (κ3) is 4.42. The van der Waals surface area contributed by atoms with E-state index in [1.165, 1.54) is 28.6 Å². The molecule has 0 bridgehead atoms. The van der Waals surface area contributed by atoms with E-state index < -0.39 is 36.0 Å². The summed E-state index contributed by atoms with van der Waals surface area (Å²) in [7, 11) is 1.37. The summed E-state index contributed by atoms with van der Waals surface area (Å²) in [5.41, 5.74) is -1.01. The maximum atomic E-state index is 15.0. The lowest BCUT2D eigenvalue weighted by atomic mass is 10.1. The van der Waals surface area contributed by atoms with Crippen LogP contribution in [0.2, 0.25) is 0 Å². The van der Waals surface area contributed by atoms with Crippen LogP contribution < -0.4 is 10.2 Å². The van der Waals surface area contributed by atoms with Crippen LogP contribution in [0.1, 0.15) is 28.4 Å². The molecule has 2 amide bonds. The number of pyridine rings is 1. The topological polar surface area (TPSA) is 105 Å². The molecule has 5 rings (SSSR count). The van der Waals surface area contributed by atoms with Gasteiger partial charge in [-0.2, -0.15) is 18.3 Å². The number of rotatable bonds is 4. The highest BCUT2D eigenvalue weighted by Gasteiger charge is 2.40. The fraction of sp³-hybridized carbons (Fsp3) is 0.476. The number of amides is 2. The van der Waals surface area contributed by atoms with E-state index in [0.717, 1.165) is 17.4 Å². The summed E-state index contributed by atoms with van der Waals surface area (Å²) in [5, 5.41) is 7.73. The molecule has 5 heterocycles. The fourth-order valence-electron chi connectivity index (χ4n) is 4.27. The molecule has 2 aliphatic rings. The summed E-state index contributed by atoms with van der Waals surface area (Å²) >= 11 is 0.777. The zero-order valence-corrected chi connectivity index (χ0v) is 19.7. The fourth-order valence-corrected chi connectivity index (χ4v) is 5.29. The van der Waals surface area contributed by atoms with Crippen LogP contribution in [-0.4, -0.2) is 82.2 Å². The van der Waals surface area contributed by atoms with Gasteiger partial charge in [0, 0.05) is 38.5 Å². The van der Waals surface area contributed by atoms with Crippen molar-refractivity contribution in [3.63, 3.8) is 0 Å². The van der Waals surface area contributed by atoms with Crippen molar-refractivity contribution >= 4 is 39.4 Å². The molecule has 3 aromatic rings. The molecule has 10 nitrogen and oxygen atoms in total. The molecular weight excluding hydrogens is 506 g/mol. The Balaban J connectivity index is 1.28. The van der Waals surface area contributed by atoms with Gasteiger partial charge in [0.2, 0.25) is 0 Å². The molecule has 0 aromatic carbocycles. The summed E-state index contributed by atoms with van der Waals surface area (Å²) in [5.74, 6) is -0.658. The molecule has 2 saturated heterocycles. The molecule has 2 atom stereocenters. The van der Waals surface area contributed by atoms with Crippen molar-refractivity contribution in [3.05, 3.63) is 35.2 Å². The number of carbonyl (C=O) groups excluding carboxylic acids is 2. The van der Waals surface area contributed by atoms with Crippen LogP contribution >= 0.6 is 11.3 Å². The molecule has 0 unspecified atom stereocenters. The number of thiophene rings is 1. The van der Waals surface area contributed by atoms with Crippen molar-refractivity contribution in [3.8, 4) is 0 Å². The monoisotopic (exact) mass is 527 g/mol. The van der Waals surface area contributed by atoms with Gasteiger partial charge < -0.3 is 19.9 Å². The van der Waals surface area contributed by atoms with Crippen molar-refractivity contribution in [2.45, 2.75) is 30.9 Å². The number of piperidine rings is 1. The molecule has 0 spiro atoms. The van der Waals surface area contributed by atoms with Crippen molar-refractivity contribution in [2.75, 3.05) is 38.1 Å². The first-order valence-corrected chi connectivity index (χ1v) is 11.9. The number of anilines is 1. The molecule has 2 fully saturated rings. The first-order chi connectivity index (χ1) is 17.2. The number of nitrogens with zero attached hydrogens (tertiary/aromatic N) is 6. The predicted octanol–water partition coefficient (Wildman–Crippen LogP) is 2.88. The van der Waals surface area contributed by atoms with E-state index in [0.29, 0.717) is 13.1 Å². The van der Waals surface area contributed by atoms with Crippen molar-refractivity contribution in [2.24, 2.45) is 0 Å². The van der Waals surface area contributed by atoms with Gasteiger partial charge in [-0.25, -0.2) is 23.8 Å². The SMILES string of the molecule is CNC(=O)c1csc2c(C(F)(F)F)cc(N3CC[C@H](OC(=O)N4CC(n5cncn5)C4)[C@H](F)C3)nc12. The summed E-state index contributed by atoms with van der Waals surface area (Å²) < 4.78 is 63.2. The highest BCUT2D eigenvalue weighted by molar-refractivity contribution is 7.17. The average Bonchev–Trinajstić information content (AvgIpc) is 3.48. The van der Waals surface area contributed by atoms with E-state index in [-0.39, 0.29) is 47.2 Å². The predicted molar refractivity (Wildman–Crippen MR) is 121 cm³/mol. The second-order valence-corrected chi connectivity index (χ2v) is 9.42. The lowest BCUT2D eigenvalue weighted by Crippen LogP contribution is -2.54. The van der Waals surface area contributed by atoms with E-state index in [2.05, 4.69) is 20.4 Å². The van der Waals surface area contributed by atoms with Crippen molar-refractivity contribution < 1.29 is 31.9 Å². The van der Waals surface area contributed by atoms with Gasteiger partial charge in [-0.1, -0.05) is 0 Å². The summed E-state index contributed by atoms with van der Waals surface area (Å²) in [6, 6.07) is 0.847. The highest BCUT2D eigenvalue weighted by Crippen LogP contribution is 2.40. The first kappa shape index (κ1) is 24.2. The van der Waals surface area contributed by atoms with Gasteiger partial charge in [-0.3, -0.25) is 4.79 Å². The Morgan fingerprint density at radius 2 is 2.03 bits per heavy atom. The number of hydrogen-bond donors (Lipinski definition) is 1. The maximum absolute atomic E-state index is 15.0. The van der Waals surface area contributed by atoms with Crippen LogP contribution in [-0.2, 0) is 10.9 Å². The number of halogens is 4. The van der Waals surface area contributed by atoms with E-state index in [4.69, 9.17) is 4.74 Å². The largest absolute Gasteiger partial charge is 0.443 e. The molecule has 36 heavy (non-hydrogen) atoms. The number of nitrogens with one attached hydrogen (secondary N) is 1. The van der Waals surface area contributed by atoms with Crippen molar-refractivity contribution in [1.82, 2.24) is 30.0 Å². The Morgan fingerprint density at radius 3 is 2.67 bits per heavy atom. The standard InChI is InChI=1S/C21H21F4N7O3S/c1-26-19(33)12-8-36-18-13(21(23,24)25)4-16(29-17(12)18)30-3-2-15(14(22)7-30)35-20(34)31-5-11(6-31)32-10-27-9-28-32/h4,8-11,14-15H,2-3,5-7H2,1H3,(H,26,33)/t14-,15+/m1/s1. The van der Waals surface area contributed by atoms with Crippen LogP contribution in [0.4, 0.5) is 28.2 Å². The number of alkyl halides is 4. The van der Waals surface area contributed by atoms with Crippen LogP contribution in [0.25, 0.3) is 10.2 Å². The Kier molecular flexibility index (Phi) is 6.18. The van der Waals surface area contributed by atoms with Gasteiger partial charge in [-0.05, 0) is 6.07 Å². The smallest absolute Gasteiger partial charge is 0.417 e. The van der Waals surface area contributed by atoms with E-state index in [1.807, 2.05) is 0 Å². The lowest BCUT2D eigenvalue weighted by molar-refractivity contribution is -0.136. The molecule has 3 aromatic heterocycles. The molecule has 2 aliphatic heterocycles. The van der Waals surface area contributed by atoms with Gasteiger partial charge in [0.1, 0.15) is 24.6 Å². The zero-order valence-electron chi connectivity index (χ0n) is 18.9. The summed E-state index contributed by atoms with van der Waals surface area (Å²) in [4.78, 5) is 35.5. The molecular formula is C21H21F4N7O3S. The second kappa shape index (κ2) is 9.19.